The van der Waals surface area contributed by atoms with Crippen LogP contribution in [0.15, 0.2) is 85.1 Å². The largest absolute Gasteiger partial charge is 0.494 e. The van der Waals surface area contributed by atoms with Gasteiger partial charge in [0.2, 0.25) is 0 Å². The van der Waals surface area contributed by atoms with Crippen molar-refractivity contribution in [2.24, 2.45) is 0 Å². The van der Waals surface area contributed by atoms with Crippen molar-refractivity contribution in [1.82, 2.24) is 19.4 Å². The second-order valence-corrected chi connectivity index (χ2v) is 11.6. The van der Waals surface area contributed by atoms with Crippen LogP contribution in [0.2, 0.25) is 0 Å². The Morgan fingerprint density at radius 2 is 1.62 bits per heavy atom. The Bertz CT molecular complexity index is 2240. The number of para-hydroxylation sites is 2. The van der Waals surface area contributed by atoms with Gasteiger partial charge in [0.25, 0.3) is 5.91 Å². The van der Waals surface area contributed by atoms with Crippen LogP contribution in [0.25, 0.3) is 54.4 Å². The molecule has 9 rings (SSSR count). The molecule has 0 radical (unpaired) electrons. The van der Waals surface area contributed by atoms with Crippen molar-refractivity contribution >= 4 is 60.3 Å². The summed E-state index contributed by atoms with van der Waals surface area (Å²) in [5, 5.41) is 20.4. The first-order valence-corrected chi connectivity index (χ1v) is 14.3. The lowest BCUT2D eigenvalue weighted by Gasteiger charge is -2.48. The summed E-state index contributed by atoms with van der Waals surface area (Å²) in [5.41, 5.74) is 3.66. The van der Waals surface area contributed by atoms with Crippen molar-refractivity contribution in [3.8, 4) is 5.88 Å². The fourth-order valence-corrected chi connectivity index (χ4v) is 7.91. The van der Waals surface area contributed by atoms with E-state index in [1.54, 1.807) is 7.11 Å². The topological polar surface area (TPSA) is 93.4 Å². The lowest BCUT2D eigenvalue weighted by atomic mass is 9.92. The predicted octanol–water partition coefficient (Wildman–Crippen LogP) is 6.51. The van der Waals surface area contributed by atoms with Gasteiger partial charge in [0.1, 0.15) is 12.3 Å². The molecule has 208 valence electrons. The summed E-state index contributed by atoms with van der Waals surface area (Å²) >= 11 is 0. The van der Waals surface area contributed by atoms with Crippen LogP contribution in [-0.2, 0) is 15.2 Å². The van der Waals surface area contributed by atoms with Crippen molar-refractivity contribution in [3.05, 3.63) is 90.6 Å². The van der Waals surface area contributed by atoms with Crippen LogP contribution in [0.5, 0.6) is 5.88 Å². The Hall–Kier alpha value is -4.79. The summed E-state index contributed by atoms with van der Waals surface area (Å²) in [4.78, 5) is 16.6. The highest BCUT2D eigenvalue weighted by atomic mass is 16.6. The third kappa shape index (κ3) is 2.80. The number of fused-ring (bicyclic) bond motifs is 13. The van der Waals surface area contributed by atoms with Gasteiger partial charge in [0.05, 0.1) is 33.5 Å². The van der Waals surface area contributed by atoms with Gasteiger partial charge in [0, 0.05) is 52.2 Å². The number of nitrogens with one attached hydrogen (secondary N) is 2. The zero-order valence-corrected chi connectivity index (χ0v) is 23.1. The molecule has 2 aliphatic rings. The molecule has 3 aromatic heterocycles. The maximum Gasteiger partial charge on any atom is 0.251 e. The molecule has 7 aromatic rings. The Kier molecular flexibility index (Phi) is 4.63. The monoisotopic (exact) mass is 556 g/mol. The van der Waals surface area contributed by atoms with E-state index >= 15 is 0 Å². The molecule has 8 nitrogen and oxygen atoms in total. The van der Waals surface area contributed by atoms with Gasteiger partial charge in [-0.3, -0.25) is 4.79 Å². The van der Waals surface area contributed by atoms with Gasteiger partial charge in [-0.05, 0) is 31.2 Å². The van der Waals surface area contributed by atoms with E-state index in [1.807, 2.05) is 60.8 Å². The first-order valence-electron chi connectivity index (χ1n) is 14.3. The van der Waals surface area contributed by atoms with Gasteiger partial charge < -0.3 is 34.0 Å². The fourth-order valence-electron chi connectivity index (χ4n) is 7.91. The number of aromatic nitrogens is 3. The number of aromatic amines is 1. The summed E-state index contributed by atoms with van der Waals surface area (Å²) in [5.74, 6) is 0.000332. The number of rotatable bonds is 3. The van der Waals surface area contributed by atoms with E-state index in [0.29, 0.717) is 12.0 Å². The van der Waals surface area contributed by atoms with Crippen LogP contribution in [0, 0.1) is 0 Å². The SMILES string of the molecule is CO[C@H]1[C@@H](NC(=O)c2ccccc2)C[C@@H]2O[C@@]1(C)n1c3ccccc3c3c4c[nH]c(O)c4c4c5ccccc5n2c4c31. The number of aromatic hydroxyl groups is 1. The van der Waals surface area contributed by atoms with Gasteiger partial charge in [-0.15, -0.1) is 0 Å². The number of amides is 1. The summed E-state index contributed by atoms with van der Waals surface area (Å²) < 4.78 is 18.0. The zero-order chi connectivity index (χ0) is 28.3. The minimum atomic E-state index is -0.979. The van der Waals surface area contributed by atoms with Crippen LogP contribution < -0.4 is 5.32 Å². The van der Waals surface area contributed by atoms with E-state index < -0.39 is 18.1 Å². The van der Waals surface area contributed by atoms with E-state index in [2.05, 4.69) is 50.6 Å². The predicted molar refractivity (Wildman–Crippen MR) is 163 cm³/mol. The highest BCUT2D eigenvalue weighted by Crippen LogP contribution is 2.54. The smallest absolute Gasteiger partial charge is 0.251 e. The Morgan fingerprint density at radius 3 is 2.38 bits per heavy atom. The van der Waals surface area contributed by atoms with Gasteiger partial charge in [-0.25, -0.2) is 0 Å². The number of methoxy groups -OCH3 is 1. The van der Waals surface area contributed by atoms with Crippen LogP contribution in [0.1, 0.15) is 29.9 Å². The number of H-pyrrole nitrogens is 1. The first-order chi connectivity index (χ1) is 20.5. The van der Waals surface area contributed by atoms with E-state index in [1.165, 1.54) is 0 Å². The maximum atomic E-state index is 13.5. The van der Waals surface area contributed by atoms with E-state index in [0.717, 1.165) is 54.4 Å². The molecule has 3 N–H and O–H groups in total. The summed E-state index contributed by atoms with van der Waals surface area (Å²) in [6.45, 7) is 2.07. The molecule has 2 aliphatic heterocycles. The molecule has 5 heterocycles. The molecule has 4 aromatic carbocycles. The van der Waals surface area contributed by atoms with Crippen LogP contribution in [0.4, 0.5) is 0 Å². The maximum absolute atomic E-state index is 13.5. The van der Waals surface area contributed by atoms with E-state index in [-0.39, 0.29) is 17.8 Å². The van der Waals surface area contributed by atoms with E-state index in [4.69, 9.17) is 9.47 Å². The normalized spacial score (nSPS) is 23.4. The molecule has 2 bridgehead atoms. The minimum Gasteiger partial charge on any atom is -0.494 e. The average Bonchev–Trinajstić information content (AvgIpc) is 3.65. The molecule has 0 spiro atoms. The molecule has 42 heavy (non-hydrogen) atoms. The summed E-state index contributed by atoms with van der Waals surface area (Å²) in [7, 11) is 1.69. The summed E-state index contributed by atoms with van der Waals surface area (Å²) in [6, 6.07) is 25.5. The quantitative estimate of drug-likeness (QED) is 0.231. The molecule has 1 amide bonds. The number of hydrogen-bond acceptors (Lipinski definition) is 4. The Balaban J connectivity index is 1.43. The van der Waals surface area contributed by atoms with Crippen LogP contribution >= 0.6 is 0 Å². The van der Waals surface area contributed by atoms with Gasteiger partial charge in [-0.1, -0.05) is 54.6 Å². The molecule has 0 saturated carbocycles. The van der Waals surface area contributed by atoms with Crippen molar-refractivity contribution in [2.75, 3.05) is 7.11 Å². The van der Waals surface area contributed by atoms with Gasteiger partial charge >= 0.3 is 0 Å². The van der Waals surface area contributed by atoms with Crippen molar-refractivity contribution in [2.45, 2.75) is 37.4 Å². The molecule has 1 saturated heterocycles. The van der Waals surface area contributed by atoms with E-state index in [9.17, 15) is 9.90 Å². The van der Waals surface area contributed by atoms with Gasteiger partial charge in [0.15, 0.2) is 11.6 Å². The Morgan fingerprint density at radius 1 is 0.929 bits per heavy atom. The van der Waals surface area contributed by atoms with Crippen molar-refractivity contribution < 1.29 is 19.4 Å². The third-order valence-corrected chi connectivity index (χ3v) is 9.45. The zero-order valence-electron chi connectivity index (χ0n) is 23.1. The van der Waals surface area contributed by atoms with Crippen molar-refractivity contribution in [3.63, 3.8) is 0 Å². The van der Waals surface area contributed by atoms with Crippen molar-refractivity contribution in [1.29, 1.82) is 0 Å². The number of benzene rings is 4. The molecule has 0 unspecified atom stereocenters. The summed E-state index contributed by atoms with van der Waals surface area (Å²) in [6.07, 6.45) is 1.49. The first kappa shape index (κ1) is 23.9. The molecule has 1 fully saturated rings. The highest BCUT2D eigenvalue weighted by molar-refractivity contribution is 6.37. The molecule has 0 aliphatic carbocycles. The molecular weight excluding hydrogens is 528 g/mol. The van der Waals surface area contributed by atoms with Crippen LogP contribution in [-0.4, -0.2) is 44.4 Å². The average molecular weight is 557 g/mol. The molecule has 8 heteroatoms. The minimum absolute atomic E-state index is 0.147. The second kappa shape index (κ2) is 8.15. The van der Waals surface area contributed by atoms with Crippen LogP contribution in [0.3, 0.4) is 0 Å². The fraction of sp³-hybridized carbons (Fsp3) is 0.206. The molecular formula is C34H28N4O4. The second-order valence-electron chi connectivity index (χ2n) is 11.6. The number of carbonyl (C=O) groups is 1. The lowest BCUT2D eigenvalue weighted by molar-refractivity contribution is -0.255. The number of nitrogens with zero attached hydrogens (tertiary/aromatic N) is 2. The third-order valence-electron chi connectivity index (χ3n) is 9.45. The Labute approximate surface area is 240 Å². The molecule has 4 atom stereocenters. The number of ether oxygens (including phenoxy) is 2. The standard InChI is InChI=1S/C34H28N4O4/c1-34-31(41-2)22(36-32(39)18-10-4-3-5-11-18)16-25(42-34)37-23-14-8-6-12-19(23)27-28-21(17-35-33(28)40)26-20-13-7-9-15-24(20)38(34)30(26)29(27)37/h3-15,17,22,25,31,35,40H,16H2,1-2H3,(H,36,39)/t22-,25-,31-,34+/m0/s1. The van der Waals surface area contributed by atoms with Gasteiger partial charge in [-0.2, -0.15) is 0 Å². The number of hydrogen-bond donors (Lipinski definition) is 3. The lowest BCUT2D eigenvalue weighted by Crippen LogP contribution is -2.61. The number of carbonyl (C=O) groups excluding carboxylic acids is 1. The highest BCUT2D eigenvalue weighted by Gasteiger charge is 2.53.